The lowest BCUT2D eigenvalue weighted by Gasteiger charge is -2.51. The molecule has 1 atom stereocenters. The number of rotatable bonds is 6. The van der Waals surface area contributed by atoms with Crippen molar-refractivity contribution >= 4 is 12.2 Å². The van der Waals surface area contributed by atoms with Crippen LogP contribution in [-0.4, -0.2) is 82.4 Å². The molecule has 0 bridgehead atoms. The monoisotopic (exact) mass is 505 g/mol. The van der Waals surface area contributed by atoms with E-state index >= 15 is 0 Å². The summed E-state index contributed by atoms with van der Waals surface area (Å²) in [5, 5.41) is 0. The first-order valence-electron chi connectivity index (χ1n) is 14.8. The van der Waals surface area contributed by atoms with Gasteiger partial charge < -0.3 is 19.3 Å². The van der Waals surface area contributed by atoms with Gasteiger partial charge >= 0.3 is 12.2 Å². The molecule has 7 nitrogen and oxygen atoms in total. The lowest BCUT2D eigenvalue weighted by atomic mass is 9.78. The SMILES string of the molecule is CCCCC1N(CC2CCCCC2)C(=O)OC12CCN(C1(C)CCN(C(=O)OC(C)(C)C)CC1)CC2. The van der Waals surface area contributed by atoms with Gasteiger partial charge in [0.25, 0.3) is 0 Å². The van der Waals surface area contributed by atoms with Gasteiger partial charge in [-0.2, -0.15) is 0 Å². The first-order chi connectivity index (χ1) is 17.1. The van der Waals surface area contributed by atoms with E-state index in [1.165, 1.54) is 32.1 Å². The predicted molar refractivity (Wildman–Crippen MR) is 142 cm³/mol. The van der Waals surface area contributed by atoms with Crippen molar-refractivity contribution < 1.29 is 19.1 Å². The van der Waals surface area contributed by atoms with Crippen LogP contribution < -0.4 is 0 Å². The summed E-state index contributed by atoms with van der Waals surface area (Å²) in [7, 11) is 0. The Hall–Kier alpha value is -1.50. The fraction of sp³-hybridized carbons (Fsp3) is 0.931. The summed E-state index contributed by atoms with van der Waals surface area (Å²) in [6, 6.07) is 0.218. The van der Waals surface area contributed by atoms with Crippen molar-refractivity contribution in [2.75, 3.05) is 32.7 Å². The number of nitrogens with zero attached hydrogens (tertiary/aromatic N) is 3. The minimum absolute atomic E-state index is 0.0630. The average Bonchev–Trinajstić information content (AvgIpc) is 3.07. The standard InChI is InChI=1S/C29H51N3O4/c1-6-7-13-24-29(36-26(34)32(24)22-23-11-9-8-10-12-23)16-20-31(21-17-29)28(5)14-18-30(19-15-28)25(33)35-27(2,3)4/h23-24H,6-22H2,1-5H3. The van der Waals surface area contributed by atoms with Gasteiger partial charge in [-0.3, -0.25) is 4.90 Å². The Morgan fingerprint density at radius 1 is 1.03 bits per heavy atom. The molecule has 0 aromatic carbocycles. The molecule has 4 rings (SSSR count). The number of likely N-dealkylation sites (tertiary alicyclic amines) is 2. The Balaban J connectivity index is 1.36. The summed E-state index contributed by atoms with van der Waals surface area (Å²) in [6.45, 7) is 14.6. The molecule has 1 aliphatic carbocycles. The quantitative estimate of drug-likeness (QED) is 0.430. The van der Waals surface area contributed by atoms with E-state index in [9.17, 15) is 9.59 Å². The summed E-state index contributed by atoms with van der Waals surface area (Å²) in [6.07, 6.45) is 13.3. The molecule has 0 aromatic rings. The highest BCUT2D eigenvalue weighted by Crippen LogP contribution is 2.44. The van der Waals surface area contributed by atoms with Gasteiger partial charge in [-0.1, -0.05) is 39.0 Å². The summed E-state index contributed by atoms with van der Waals surface area (Å²) in [5.74, 6) is 0.639. The smallest absolute Gasteiger partial charge is 0.410 e. The molecule has 36 heavy (non-hydrogen) atoms. The number of hydrogen-bond acceptors (Lipinski definition) is 5. The van der Waals surface area contributed by atoms with E-state index in [1.807, 2.05) is 25.7 Å². The second kappa shape index (κ2) is 11.1. The largest absolute Gasteiger partial charge is 0.444 e. The molecule has 0 aromatic heterocycles. The Morgan fingerprint density at radius 3 is 2.25 bits per heavy atom. The Bertz CT molecular complexity index is 757. The van der Waals surface area contributed by atoms with Gasteiger partial charge in [-0.05, 0) is 65.7 Å². The first-order valence-corrected chi connectivity index (χ1v) is 14.8. The highest BCUT2D eigenvalue weighted by Gasteiger charge is 2.56. The van der Waals surface area contributed by atoms with Gasteiger partial charge in [0.2, 0.25) is 0 Å². The first kappa shape index (κ1) is 27.5. The van der Waals surface area contributed by atoms with Crippen LogP contribution in [0.15, 0.2) is 0 Å². The van der Waals surface area contributed by atoms with E-state index in [4.69, 9.17) is 9.47 Å². The molecule has 206 valence electrons. The topological polar surface area (TPSA) is 62.3 Å². The number of ether oxygens (including phenoxy) is 2. The van der Waals surface area contributed by atoms with E-state index < -0.39 is 5.60 Å². The van der Waals surface area contributed by atoms with E-state index in [-0.39, 0.29) is 29.4 Å². The van der Waals surface area contributed by atoms with Crippen molar-refractivity contribution in [2.45, 2.75) is 134 Å². The lowest BCUT2D eigenvalue weighted by Crippen LogP contribution is -2.60. The van der Waals surface area contributed by atoms with Crippen molar-refractivity contribution in [3.05, 3.63) is 0 Å². The molecular formula is C29H51N3O4. The molecule has 4 fully saturated rings. The van der Waals surface area contributed by atoms with Crippen molar-refractivity contribution in [1.82, 2.24) is 14.7 Å². The number of amides is 2. The third kappa shape index (κ3) is 6.14. The van der Waals surface area contributed by atoms with Crippen LogP contribution in [0, 0.1) is 5.92 Å². The molecule has 1 unspecified atom stereocenters. The van der Waals surface area contributed by atoms with E-state index in [0.29, 0.717) is 5.92 Å². The third-order valence-corrected chi connectivity index (χ3v) is 9.38. The fourth-order valence-corrected chi connectivity index (χ4v) is 7.05. The van der Waals surface area contributed by atoms with Gasteiger partial charge in [0, 0.05) is 51.1 Å². The molecule has 7 heteroatoms. The maximum atomic E-state index is 13.2. The second-order valence-corrected chi connectivity index (χ2v) is 13.2. The van der Waals surface area contributed by atoms with Gasteiger partial charge in [-0.15, -0.1) is 0 Å². The molecule has 0 radical (unpaired) electrons. The van der Waals surface area contributed by atoms with Crippen LogP contribution in [0.25, 0.3) is 0 Å². The Kier molecular flexibility index (Phi) is 8.48. The average molecular weight is 506 g/mol. The van der Waals surface area contributed by atoms with E-state index in [0.717, 1.165) is 77.7 Å². The van der Waals surface area contributed by atoms with Crippen molar-refractivity contribution in [1.29, 1.82) is 0 Å². The molecule has 3 heterocycles. The van der Waals surface area contributed by atoms with Gasteiger partial charge in [0.15, 0.2) is 0 Å². The molecule has 3 saturated heterocycles. The van der Waals surface area contributed by atoms with E-state index in [1.54, 1.807) is 0 Å². The summed E-state index contributed by atoms with van der Waals surface area (Å²) in [4.78, 5) is 32.3. The normalized spacial score (nSPS) is 27.4. The van der Waals surface area contributed by atoms with Crippen LogP contribution in [0.5, 0.6) is 0 Å². The van der Waals surface area contributed by atoms with Gasteiger partial charge in [0.1, 0.15) is 11.2 Å². The summed E-state index contributed by atoms with van der Waals surface area (Å²) >= 11 is 0. The Morgan fingerprint density at radius 2 is 1.67 bits per heavy atom. The van der Waals surface area contributed by atoms with Crippen LogP contribution in [0.3, 0.4) is 0 Å². The molecular weight excluding hydrogens is 454 g/mol. The maximum Gasteiger partial charge on any atom is 0.410 e. The highest BCUT2D eigenvalue weighted by molar-refractivity contribution is 5.71. The van der Waals surface area contributed by atoms with Crippen LogP contribution in [-0.2, 0) is 9.47 Å². The molecule has 2 amide bonds. The van der Waals surface area contributed by atoms with Crippen LogP contribution in [0.2, 0.25) is 0 Å². The zero-order valence-electron chi connectivity index (χ0n) is 23.7. The summed E-state index contributed by atoms with van der Waals surface area (Å²) < 4.78 is 11.9. The number of piperidine rings is 2. The number of hydrogen-bond donors (Lipinski definition) is 0. The van der Waals surface area contributed by atoms with Crippen molar-refractivity contribution in [3.63, 3.8) is 0 Å². The number of unbranched alkanes of at least 4 members (excludes halogenated alkanes) is 1. The summed E-state index contributed by atoms with van der Waals surface area (Å²) in [5.41, 5.74) is -0.717. The zero-order chi connectivity index (χ0) is 26.0. The minimum Gasteiger partial charge on any atom is -0.444 e. The van der Waals surface area contributed by atoms with Crippen molar-refractivity contribution in [2.24, 2.45) is 5.92 Å². The molecule has 4 aliphatic rings. The second-order valence-electron chi connectivity index (χ2n) is 13.2. The van der Waals surface area contributed by atoms with Crippen LogP contribution in [0.4, 0.5) is 9.59 Å². The van der Waals surface area contributed by atoms with Crippen LogP contribution in [0.1, 0.15) is 112 Å². The van der Waals surface area contributed by atoms with Gasteiger partial charge in [-0.25, -0.2) is 9.59 Å². The zero-order valence-corrected chi connectivity index (χ0v) is 23.7. The number of carbonyl (C=O) groups excluding carboxylic acids is 2. The lowest BCUT2D eigenvalue weighted by molar-refractivity contribution is -0.0626. The number of carbonyl (C=O) groups is 2. The van der Waals surface area contributed by atoms with Gasteiger partial charge in [0.05, 0.1) is 6.04 Å². The molecule has 3 aliphatic heterocycles. The van der Waals surface area contributed by atoms with E-state index in [2.05, 4.69) is 23.6 Å². The fourth-order valence-electron chi connectivity index (χ4n) is 7.05. The maximum absolute atomic E-state index is 13.2. The predicted octanol–water partition coefficient (Wildman–Crippen LogP) is 6.20. The van der Waals surface area contributed by atoms with Crippen molar-refractivity contribution in [3.8, 4) is 0 Å². The van der Waals surface area contributed by atoms with Crippen LogP contribution >= 0.6 is 0 Å². The molecule has 0 N–H and O–H groups in total. The Labute approximate surface area is 219 Å². The third-order valence-electron chi connectivity index (χ3n) is 9.38. The highest BCUT2D eigenvalue weighted by atomic mass is 16.6. The minimum atomic E-state index is -0.461. The molecule has 1 saturated carbocycles. The molecule has 1 spiro atoms.